The second-order valence-corrected chi connectivity index (χ2v) is 8.19. The summed E-state index contributed by atoms with van der Waals surface area (Å²) in [7, 11) is 5.33. The van der Waals surface area contributed by atoms with Gasteiger partial charge in [-0.15, -0.1) is 34.2 Å². The van der Waals surface area contributed by atoms with Gasteiger partial charge >= 0.3 is 0 Å². The van der Waals surface area contributed by atoms with Crippen molar-refractivity contribution in [3.63, 3.8) is 0 Å². The molecule has 2 aromatic rings. The van der Waals surface area contributed by atoms with E-state index >= 15 is 0 Å². The average Bonchev–Trinajstić information content (AvgIpc) is 3.14. The average molecular weight is 569 g/mol. The number of hydrogen-bond acceptors (Lipinski definition) is 5. The van der Waals surface area contributed by atoms with Gasteiger partial charge in [0.05, 0.1) is 7.11 Å². The Bertz CT molecular complexity index is 906. The highest BCUT2D eigenvalue weighted by molar-refractivity contribution is 14.0. The van der Waals surface area contributed by atoms with Gasteiger partial charge in [0.25, 0.3) is 0 Å². The summed E-state index contributed by atoms with van der Waals surface area (Å²) in [6, 6.07) is 8.14. The maximum absolute atomic E-state index is 11.7. The van der Waals surface area contributed by atoms with Crippen molar-refractivity contribution < 1.29 is 9.53 Å². The molecule has 0 aliphatic carbocycles. The van der Waals surface area contributed by atoms with Crippen LogP contribution < -0.4 is 15.4 Å². The van der Waals surface area contributed by atoms with Gasteiger partial charge in [0, 0.05) is 40.2 Å². The number of nitrogens with zero attached hydrogens (tertiary/aromatic N) is 5. The van der Waals surface area contributed by atoms with Crippen molar-refractivity contribution in [3.8, 4) is 5.75 Å². The Kier molecular flexibility index (Phi) is 10.9. The Hall–Kier alpha value is -2.37. The number of rotatable bonds is 8. The molecule has 1 aromatic carbocycles. The number of piperidine rings is 1. The Morgan fingerprint density at radius 2 is 1.91 bits per heavy atom. The molecule has 1 amide bonds. The summed E-state index contributed by atoms with van der Waals surface area (Å²) in [4.78, 5) is 18.9. The second kappa shape index (κ2) is 13.4. The fraction of sp³-hybridized carbons (Fsp3) is 0.565. The SMILES string of the molecule is CNC(=O)CC1CCN(C(=NCc2nnc(C)n2C)NCCc2ccc(OC)cc2)CC1.I. The number of carbonyl (C=O) groups is 1. The van der Waals surface area contributed by atoms with E-state index in [-0.39, 0.29) is 29.9 Å². The van der Waals surface area contributed by atoms with E-state index < -0.39 is 0 Å². The van der Waals surface area contributed by atoms with Crippen molar-refractivity contribution in [1.82, 2.24) is 30.3 Å². The van der Waals surface area contributed by atoms with Gasteiger partial charge in [0.15, 0.2) is 11.8 Å². The van der Waals surface area contributed by atoms with Crippen LogP contribution in [0.3, 0.4) is 0 Å². The lowest BCUT2D eigenvalue weighted by molar-refractivity contribution is -0.121. The van der Waals surface area contributed by atoms with Crippen LogP contribution in [-0.2, 0) is 24.8 Å². The van der Waals surface area contributed by atoms with E-state index in [1.807, 2.05) is 30.7 Å². The van der Waals surface area contributed by atoms with Crippen molar-refractivity contribution >= 4 is 35.8 Å². The molecule has 2 heterocycles. The molecule has 0 saturated carbocycles. The van der Waals surface area contributed by atoms with Crippen LogP contribution in [0.1, 0.15) is 36.5 Å². The number of halogens is 1. The van der Waals surface area contributed by atoms with Crippen LogP contribution in [0.4, 0.5) is 0 Å². The van der Waals surface area contributed by atoms with Crippen LogP contribution in [0.25, 0.3) is 0 Å². The number of aliphatic imine (C=N–C) groups is 1. The first-order chi connectivity index (χ1) is 15.5. The van der Waals surface area contributed by atoms with Gasteiger partial charge in [-0.25, -0.2) is 4.99 Å². The van der Waals surface area contributed by atoms with Crippen LogP contribution in [0.15, 0.2) is 29.3 Å². The predicted molar refractivity (Wildman–Crippen MR) is 140 cm³/mol. The molecule has 33 heavy (non-hydrogen) atoms. The molecule has 1 aliphatic rings. The van der Waals surface area contributed by atoms with E-state index in [9.17, 15) is 4.79 Å². The molecule has 9 nitrogen and oxygen atoms in total. The van der Waals surface area contributed by atoms with Crippen molar-refractivity contribution in [2.75, 3.05) is 33.8 Å². The van der Waals surface area contributed by atoms with Crippen molar-refractivity contribution in [1.29, 1.82) is 0 Å². The van der Waals surface area contributed by atoms with Crippen molar-refractivity contribution in [2.45, 2.75) is 39.2 Å². The second-order valence-electron chi connectivity index (χ2n) is 8.19. The van der Waals surface area contributed by atoms with E-state index in [0.29, 0.717) is 18.9 Å². The van der Waals surface area contributed by atoms with Crippen molar-refractivity contribution in [2.24, 2.45) is 18.0 Å². The summed E-state index contributed by atoms with van der Waals surface area (Å²) in [6.07, 6.45) is 3.45. The number of benzene rings is 1. The van der Waals surface area contributed by atoms with E-state index in [2.05, 4.69) is 37.9 Å². The number of nitrogens with one attached hydrogen (secondary N) is 2. The minimum atomic E-state index is 0. The minimum Gasteiger partial charge on any atom is -0.497 e. The molecule has 0 atom stereocenters. The first-order valence-electron chi connectivity index (χ1n) is 11.2. The largest absolute Gasteiger partial charge is 0.497 e. The topological polar surface area (TPSA) is 96.7 Å². The molecule has 10 heteroatoms. The van der Waals surface area contributed by atoms with Gasteiger partial charge in [0.1, 0.15) is 18.1 Å². The Balaban J connectivity index is 0.00000385. The number of carbonyl (C=O) groups excluding carboxylic acids is 1. The maximum atomic E-state index is 11.7. The molecule has 3 rings (SSSR count). The fourth-order valence-electron chi connectivity index (χ4n) is 3.83. The summed E-state index contributed by atoms with van der Waals surface area (Å²) in [5.41, 5.74) is 1.24. The maximum Gasteiger partial charge on any atom is 0.220 e. The van der Waals surface area contributed by atoms with Crippen LogP contribution in [-0.4, -0.2) is 65.3 Å². The zero-order chi connectivity index (χ0) is 22.9. The smallest absolute Gasteiger partial charge is 0.220 e. The molecule has 0 bridgehead atoms. The summed E-state index contributed by atoms with van der Waals surface area (Å²) in [5, 5.41) is 14.6. The highest BCUT2D eigenvalue weighted by atomic mass is 127. The molecule has 0 unspecified atom stereocenters. The number of aromatic nitrogens is 3. The lowest BCUT2D eigenvalue weighted by Gasteiger charge is -2.34. The molecular weight excluding hydrogens is 533 g/mol. The molecule has 1 aliphatic heterocycles. The Morgan fingerprint density at radius 3 is 2.48 bits per heavy atom. The summed E-state index contributed by atoms with van der Waals surface area (Å²) < 4.78 is 7.20. The molecule has 182 valence electrons. The third kappa shape index (κ3) is 7.86. The number of hydrogen-bond donors (Lipinski definition) is 2. The number of amides is 1. The summed E-state index contributed by atoms with van der Waals surface area (Å²) in [5.74, 6) is 4.01. The normalized spacial score (nSPS) is 14.5. The first kappa shape index (κ1) is 26.9. The van der Waals surface area contributed by atoms with Gasteiger partial charge in [0.2, 0.25) is 5.91 Å². The van der Waals surface area contributed by atoms with E-state index in [0.717, 1.165) is 62.3 Å². The zero-order valence-corrected chi connectivity index (χ0v) is 22.3. The van der Waals surface area contributed by atoms with Gasteiger partial charge in [-0.3, -0.25) is 4.79 Å². The monoisotopic (exact) mass is 569 g/mol. The predicted octanol–water partition coefficient (Wildman–Crippen LogP) is 2.29. The van der Waals surface area contributed by atoms with Crippen LogP contribution in [0.2, 0.25) is 0 Å². The van der Waals surface area contributed by atoms with Crippen LogP contribution in [0.5, 0.6) is 5.75 Å². The zero-order valence-electron chi connectivity index (χ0n) is 20.0. The van der Waals surface area contributed by atoms with Gasteiger partial charge in [-0.05, 0) is 49.8 Å². The Labute approximate surface area is 213 Å². The van der Waals surface area contributed by atoms with Crippen LogP contribution in [0, 0.1) is 12.8 Å². The third-order valence-electron chi connectivity index (χ3n) is 6.08. The lowest BCUT2D eigenvalue weighted by atomic mass is 9.93. The highest BCUT2D eigenvalue weighted by Gasteiger charge is 2.23. The summed E-state index contributed by atoms with van der Waals surface area (Å²) in [6.45, 7) is 4.95. The third-order valence-corrected chi connectivity index (χ3v) is 6.08. The van der Waals surface area contributed by atoms with E-state index in [1.54, 1.807) is 14.2 Å². The molecular formula is C23H36IN7O2. The molecule has 2 N–H and O–H groups in total. The van der Waals surface area contributed by atoms with E-state index in [1.165, 1.54) is 5.56 Å². The number of likely N-dealkylation sites (tertiary alicyclic amines) is 1. The van der Waals surface area contributed by atoms with Gasteiger partial charge in [-0.1, -0.05) is 12.1 Å². The lowest BCUT2D eigenvalue weighted by Crippen LogP contribution is -2.46. The number of guanidine groups is 1. The van der Waals surface area contributed by atoms with Crippen molar-refractivity contribution in [3.05, 3.63) is 41.5 Å². The molecule has 1 fully saturated rings. The summed E-state index contributed by atoms with van der Waals surface area (Å²) >= 11 is 0. The van der Waals surface area contributed by atoms with Gasteiger partial charge in [-0.2, -0.15) is 0 Å². The standard InChI is InChI=1S/C23H35N7O2.HI/c1-17-27-28-21(29(17)3)16-26-23(25-12-9-18-5-7-20(32-4)8-6-18)30-13-10-19(11-14-30)15-22(31)24-2;/h5-8,19H,9-16H2,1-4H3,(H,24,31)(H,25,26);1H. The van der Waals surface area contributed by atoms with Crippen LogP contribution >= 0.6 is 24.0 Å². The molecule has 1 aromatic heterocycles. The number of ether oxygens (including phenoxy) is 1. The number of methoxy groups -OCH3 is 1. The molecule has 0 spiro atoms. The van der Waals surface area contributed by atoms with E-state index in [4.69, 9.17) is 9.73 Å². The van der Waals surface area contributed by atoms with Gasteiger partial charge < -0.3 is 24.8 Å². The molecule has 1 saturated heterocycles. The molecule has 0 radical (unpaired) electrons. The Morgan fingerprint density at radius 1 is 1.21 bits per heavy atom. The number of aryl methyl sites for hydroxylation is 1. The minimum absolute atomic E-state index is 0. The highest BCUT2D eigenvalue weighted by Crippen LogP contribution is 2.20. The fourth-order valence-corrected chi connectivity index (χ4v) is 3.83. The first-order valence-corrected chi connectivity index (χ1v) is 11.2. The quantitative estimate of drug-likeness (QED) is 0.288.